The molecule has 0 unspecified atom stereocenters. The van der Waals surface area contributed by atoms with E-state index in [-0.39, 0.29) is 23.2 Å². The number of piperidine rings is 1. The van der Waals surface area contributed by atoms with Gasteiger partial charge in [-0.05, 0) is 105 Å². The molecule has 7 aromatic carbocycles. The predicted molar refractivity (Wildman–Crippen MR) is 300 cm³/mol. The number of urea groups is 1. The van der Waals surface area contributed by atoms with Gasteiger partial charge in [-0.25, -0.2) is 4.79 Å². The van der Waals surface area contributed by atoms with Gasteiger partial charge in [-0.1, -0.05) is 186 Å². The first-order chi connectivity index (χ1) is 34.9. The number of amides is 2. The molecule has 0 aliphatic carbocycles. The summed E-state index contributed by atoms with van der Waals surface area (Å²) in [6.45, 7) is 14.5. The lowest BCUT2D eigenvalue weighted by molar-refractivity contribution is 0.106. The van der Waals surface area contributed by atoms with Crippen LogP contribution in [0.5, 0.6) is 17.2 Å². The number of aliphatic hydroxyl groups excluding tert-OH is 1. The number of carbonyl (C=O) groups excluding carboxylic acids is 1. The Labute approximate surface area is 429 Å². The lowest BCUT2D eigenvalue weighted by Gasteiger charge is -2.43. The van der Waals surface area contributed by atoms with Crippen LogP contribution in [0.3, 0.4) is 0 Å². The van der Waals surface area contributed by atoms with E-state index in [1.54, 1.807) is 0 Å². The third-order valence-corrected chi connectivity index (χ3v) is 23.4. The van der Waals surface area contributed by atoms with Gasteiger partial charge in [-0.3, -0.25) is 0 Å². The number of hydrogen-bond acceptors (Lipinski definition) is 7. The third-order valence-electron chi connectivity index (χ3n) is 13.9. The summed E-state index contributed by atoms with van der Waals surface area (Å²) in [7, 11) is -5.40. The highest BCUT2D eigenvalue weighted by molar-refractivity contribution is 7.00. The van der Waals surface area contributed by atoms with Crippen molar-refractivity contribution >= 4 is 49.1 Å². The Bertz CT molecular complexity index is 2660. The van der Waals surface area contributed by atoms with Gasteiger partial charge in [0.05, 0.1) is 0 Å². The molecule has 1 saturated heterocycles. The second kappa shape index (κ2) is 24.2. The number of anilines is 1. The van der Waals surface area contributed by atoms with Gasteiger partial charge >= 0.3 is 22.7 Å². The van der Waals surface area contributed by atoms with Crippen LogP contribution >= 0.6 is 0 Å². The molecule has 7 aromatic rings. The topological polar surface area (TPSA) is 104 Å². The minimum atomic E-state index is -2.73. The molecule has 4 N–H and O–H groups in total. The van der Waals surface area contributed by atoms with Crippen LogP contribution in [0.25, 0.3) is 0 Å². The Hall–Kier alpha value is -6.64. The fourth-order valence-electron chi connectivity index (χ4n) is 10.0. The summed E-state index contributed by atoms with van der Waals surface area (Å²) in [6, 6.07) is 67.3. The van der Waals surface area contributed by atoms with Crippen LogP contribution in [0.1, 0.15) is 58.6 Å². The number of likely N-dealkylation sites (tertiary alicyclic amines) is 1. The van der Waals surface area contributed by atoms with Crippen LogP contribution in [0, 0.1) is 0 Å². The van der Waals surface area contributed by atoms with E-state index >= 15 is 0 Å². The fraction of sp³-hybridized carbons (Fsp3) is 0.295. The van der Waals surface area contributed by atoms with Gasteiger partial charge in [-0.2, -0.15) is 0 Å². The Morgan fingerprint density at radius 2 is 1.17 bits per heavy atom. The molecule has 374 valence electrons. The first-order valence-electron chi connectivity index (χ1n) is 25.6. The zero-order chi connectivity index (χ0) is 50.4. The van der Waals surface area contributed by atoms with Gasteiger partial charge in [0.2, 0.25) is 0 Å². The summed E-state index contributed by atoms with van der Waals surface area (Å²) < 4.78 is 20.3. The van der Waals surface area contributed by atoms with Crippen molar-refractivity contribution in [3.8, 4) is 17.2 Å². The zero-order valence-electron chi connectivity index (χ0n) is 42.6. The number of hydrogen-bond donors (Lipinski definition) is 4. The zero-order valence-corrected chi connectivity index (χ0v) is 44.6. The van der Waals surface area contributed by atoms with Gasteiger partial charge in [0.15, 0.2) is 0 Å². The second-order valence-corrected chi connectivity index (χ2v) is 28.5. The molecule has 1 aliphatic rings. The van der Waals surface area contributed by atoms with E-state index in [4.69, 9.17) is 13.6 Å². The van der Waals surface area contributed by atoms with Crippen molar-refractivity contribution in [2.24, 2.45) is 0 Å². The molecule has 9 nitrogen and oxygen atoms in total. The Morgan fingerprint density at radius 1 is 0.639 bits per heavy atom. The molecule has 1 fully saturated rings. The van der Waals surface area contributed by atoms with E-state index in [1.807, 2.05) is 53.4 Å². The molecule has 11 heteroatoms. The smallest absolute Gasteiger partial charge is 0.319 e. The van der Waals surface area contributed by atoms with Crippen LogP contribution in [0.4, 0.5) is 10.5 Å². The maximum Gasteiger partial charge on any atom is 0.319 e. The summed E-state index contributed by atoms with van der Waals surface area (Å²) in [5.74, 6) is 2.25. The average molecular weight is 997 g/mol. The summed E-state index contributed by atoms with van der Waals surface area (Å²) in [6.07, 6.45) is 1.92. The Morgan fingerprint density at radius 3 is 1.71 bits per heavy atom. The lowest BCUT2D eigenvalue weighted by Crippen LogP contribution is -2.68. The monoisotopic (exact) mass is 997 g/mol. The van der Waals surface area contributed by atoms with Crippen LogP contribution in [-0.4, -0.2) is 77.6 Å². The van der Waals surface area contributed by atoms with Crippen molar-refractivity contribution in [3.63, 3.8) is 0 Å². The summed E-state index contributed by atoms with van der Waals surface area (Å²) in [5.41, 5.74) is 3.59. The Balaban J connectivity index is 0.737. The maximum absolute atomic E-state index is 13.3. The average Bonchev–Trinajstić information content (AvgIpc) is 3.41. The van der Waals surface area contributed by atoms with E-state index in [0.717, 1.165) is 48.6 Å². The van der Waals surface area contributed by atoms with Crippen molar-refractivity contribution in [1.29, 1.82) is 0 Å². The standard InChI is InChI=1S/C61H72N4O5Si2/c1-47(2)71(56-21-10-6-11-22-56,57-23-12-7-13-24-57)69-55-20-18-19-54(43-55)68-46-52(66)45-62-40-37-48-29-33-50(34-30-48)64-51-38-41-65(42-39-51)60(67)63-44-49-31-35-53(36-32-49)70-72(61(3,4)5,58-25-14-8-15-26-58)59-27-16-9-17-28-59/h6-36,43,47,51-52,62,64,66H,37-42,44-46H2,1-5H3,(H,63,67)/t52-/m0/s1. The van der Waals surface area contributed by atoms with Crippen molar-refractivity contribution in [2.45, 2.75) is 83.2 Å². The number of nitrogens with one attached hydrogen (secondary N) is 3. The normalized spacial score (nSPS) is 13.8. The molecule has 0 aromatic heterocycles. The predicted octanol–water partition coefficient (Wildman–Crippen LogP) is 9.53. The highest BCUT2D eigenvalue weighted by atomic mass is 28.4. The van der Waals surface area contributed by atoms with Gasteiger partial charge in [-0.15, -0.1) is 0 Å². The minimum Gasteiger partial charge on any atom is -0.534 e. The molecular weight excluding hydrogens is 925 g/mol. The second-order valence-electron chi connectivity index (χ2n) is 20.3. The highest BCUT2D eigenvalue weighted by Crippen LogP contribution is 2.38. The molecule has 1 heterocycles. The van der Waals surface area contributed by atoms with Gasteiger partial charge in [0.25, 0.3) is 0 Å². The van der Waals surface area contributed by atoms with Crippen molar-refractivity contribution in [2.75, 3.05) is 38.1 Å². The number of aliphatic hydroxyl groups is 1. The number of benzene rings is 7. The lowest BCUT2D eigenvalue weighted by atomic mass is 10.0. The van der Waals surface area contributed by atoms with Crippen molar-refractivity contribution < 1.29 is 23.5 Å². The Kier molecular flexibility index (Phi) is 17.4. The molecule has 0 spiro atoms. The van der Waals surface area contributed by atoms with Crippen LogP contribution in [-0.2, 0) is 13.0 Å². The molecule has 2 amide bonds. The van der Waals surface area contributed by atoms with E-state index in [1.165, 1.54) is 26.3 Å². The maximum atomic E-state index is 13.3. The molecular formula is C61H72N4O5Si2. The first kappa shape index (κ1) is 51.7. The van der Waals surface area contributed by atoms with E-state index in [9.17, 15) is 9.90 Å². The van der Waals surface area contributed by atoms with Crippen LogP contribution in [0.15, 0.2) is 194 Å². The fourth-order valence-corrected chi connectivity index (χ4v) is 18.5. The van der Waals surface area contributed by atoms with Crippen LogP contribution in [0.2, 0.25) is 10.6 Å². The quantitative estimate of drug-likeness (QED) is 0.0421. The molecule has 8 rings (SSSR count). The van der Waals surface area contributed by atoms with E-state index < -0.39 is 22.7 Å². The molecule has 0 radical (unpaired) electrons. The van der Waals surface area contributed by atoms with Gasteiger partial charge in [0, 0.05) is 44.0 Å². The molecule has 72 heavy (non-hydrogen) atoms. The third kappa shape index (κ3) is 12.7. The molecule has 0 saturated carbocycles. The summed E-state index contributed by atoms with van der Waals surface area (Å²) in [4.78, 5) is 15.2. The summed E-state index contributed by atoms with van der Waals surface area (Å²) >= 11 is 0. The number of ether oxygens (including phenoxy) is 1. The summed E-state index contributed by atoms with van der Waals surface area (Å²) in [5, 5.41) is 25.8. The minimum absolute atomic E-state index is 0.0348. The molecule has 1 atom stereocenters. The number of carbonyl (C=O) groups is 1. The SMILES string of the molecule is CC(C)[Si](Oc1cccc(OC[C@@H](O)CNCCc2ccc(NC3CCN(C(=O)NCc4ccc(O[Si](c5ccccc5)(c5ccccc5)C(C)(C)C)cc4)CC3)cc2)c1)(c1ccccc1)c1ccccc1. The van der Waals surface area contributed by atoms with Gasteiger partial charge in [0.1, 0.15) is 30.0 Å². The number of nitrogens with zero attached hydrogens (tertiary/aromatic N) is 1. The largest absolute Gasteiger partial charge is 0.534 e. The van der Waals surface area contributed by atoms with E-state index in [0.29, 0.717) is 38.0 Å². The van der Waals surface area contributed by atoms with Crippen molar-refractivity contribution in [3.05, 3.63) is 205 Å². The first-order valence-corrected chi connectivity index (χ1v) is 29.5. The van der Waals surface area contributed by atoms with E-state index in [2.05, 4.69) is 196 Å². The number of rotatable bonds is 21. The van der Waals surface area contributed by atoms with Crippen molar-refractivity contribution in [1.82, 2.24) is 15.5 Å². The molecule has 1 aliphatic heterocycles. The van der Waals surface area contributed by atoms with Gasteiger partial charge < -0.3 is 39.5 Å². The molecule has 0 bridgehead atoms. The van der Waals surface area contributed by atoms with Crippen LogP contribution < -0.4 is 50.3 Å². The highest BCUT2D eigenvalue weighted by Gasteiger charge is 2.52.